The first-order valence-corrected chi connectivity index (χ1v) is 14.3. The molecular weight excluding hydrogens is 496 g/mol. The molecule has 9 heteroatoms. The highest BCUT2D eigenvalue weighted by atomic mass is 32.2. The monoisotopic (exact) mass is 528 g/mol. The minimum atomic E-state index is -1.15. The van der Waals surface area contributed by atoms with Gasteiger partial charge < -0.3 is 19.9 Å². The van der Waals surface area contributed by atoms with Gasteiger partial charge in [-0.25, -0.2) is 19.7 Å². The Morgan fingerprint density at radius 3 is 2.71 bits per heavy atom. The highest BCUT2D eigenvalue weighted by molar-refractivity contribution is 7.94. The van der Waals surface area contributed by atoms with E-state index in [0.717, 1.165) is 77.8 Å². The van der Waals surface area contributed by atoms with Crippen molar-refractivity contribution in [2.45, 2.75) is 50.3 Å². The number of piperidine rings is 1. The van der Waals surface area contributed by atoms with Crippen molar-refractivity contribution in [2.24, 2.45) is 0 Å². The number of rotatable bonds is 8. The first kappa shape index (κ1) is 24.9. The van der Waals surface area contributed by atoms with Gasteiger partial charge in [-0.05, 0) is 63.1 Å². The largest absolute Gasteiger partial charge is 0.593 e. The molecular formula is C29H32N6O2S. The Morgan fingerprint density at radius 2 is 1.92 bits per heavy atom. The second-order valence-corrected chi connectivity index (χ2v) is 12.1. The van der Waals surface area contributed by atoms with Crippen LogP contribution in [0.1, 0.15) is 38.2 Å². The van der Waals surface area contributed by atoms with E-state index in [-0.39, 0.29) is 4.75 Å². The predicted octanol–water partition coefficient (Wildman–Crippen LogP) is 5.58. The fourth-order valence-corrected chi connectivity index (χ4v) is 5.88. The zero-order chi connectivity index (χ0) is 26.1. The van der Waals surface area contributed by atoms with E-state index in [2.05, 4.69) is 32.2 Å². The molecule has 2 aromatic heterocycles. The smallest absolute Gasteiger partial charge is 0.228 e. The first-order valence-electron chi connectivity index (χ1n) is 13.1. The van der Waals surface area contributed by atoms with Crippen molar-refractivity contribution in [3.63, 3.8) is 0 Å². The average Bonchev–Trinajstić information content (AvgIpc) is 3.70. The van der Waals surface area contributed by atoms with E-state index in [1.54, 1.807) is 12.4 Å². The quantitative estimate of drug-likeness (QED) is 0.254. The van der Waals surface area contributed by atoms with E-state index in [1.165, 1.54) is 0 Å². The first-order chi connectivity index (χ1) is 18.5. The van der Waals surface area contributed by atoms with E-state index in [4.69, 9.17) is 9.72 Å². The molecule has 3 heterocycles. The van der Waals surface area contributed by atoms with Crippen LogP contribution in [0, 0.1) is 6.92 Å². The third-order valence-electron chi connectivity index (χ3n) is 7.32. The fourth-order valence-electron chi connectivity index (χ4n) is 4.79. The second-order valence-electron chi connectivity index (χ2n) is 10.3. The molecule has 1 unspecified atom stereocenters. The molecule has 2 aliphatic rings. The maximum absolute atomic E-state index is 12.9. The molecule has 38 heavy (non-hydrogen) atoms. The minimum absolute atomic E-state index is 0.147. The van der Waals surface area contributed by atoms with Crippen molar-refractivity contribution in [3.8, 4) is 22.9 Å². The molecule has 3 N–H and O–H groups in total. The highest BCUT2D eigenvalue weighted by Crippen LogP contribution is 2.45. The summed E-state index contributed by atoms with van der Waals surface area (Å²) < 4.78 is 22.6. The fraction of sp³-hybridized carbons (Fsp3) is 0.345. The molecule has 1 aliphatic carbocycles. The third-order valence-corrected chi connectivity index (χ3v) is 9.03. The maximum atomic E-state index is 12.9. The summed E-state index contributed by atoms with van der Waals surface area (Å²) in [6, 6.07) is 16.1. The van der Waals surface area contributed by atoms with Crippen LogP contribution in [-0.2, 0) is 11.4 Å². The summed E-state index contributed by atoms with van der Waals surface area (Å²) in [6.45, 7) is 6.02. The highest BCUT2D eigenvalue weighted by Gasteiger charge is 2.50. The number of hydrogen-bond donors (Lipinski definition) is 3. The van der Waals surface area contributed by atoms with Crippen LogP contribution in [0.3, 0.4) is 0 Å². The van der Waals surface area contributed by atoms with Crippen LogP contribution >= 0.6 is 0 Å². The van der Waals surface area contributed by atoms with Gasteiger partial charge in [0.25, 0.3) is 0 Å². The number of hydrogen-bond acceptors (Lipinski definition) is 8. The minimum Gasteiger partial charge on any atom is -0.593 e. The van der Waals surface area contributed by atoms with E-state index in [1.807, 2.05) is 55.5 Å². The van der Waals surface area contributed by atoms with Gasteiger partial charge in [-0.15, -0.1) is 0 Å². The second kappa shape index (κ2) is 10.4. The molecule has 6 rings (SSSR count). The Morgan fingerprint density at radius 1 is 1.08 bits per heavy atom. The van der Waals surface area contributed by atoms with Crippen LogP contribution in [0.15, 0.2) is 60.9 Å². The van der Waals surface area contributed by atoms with Crippen LogP contribution in [0.4, 0.5) is 11.6 Å². The van der Waals surface area contributed by atoms with Gasteiger partial charge in [0.1, 0.15) is 10.5 Å². The van der Waals surface area contributed by atoms with Gasteiger partial charge in [0.05, 0.1) is 28.3 Å². The van der Waals surface area contributed by atoms with Crippen molar-refractivity contribution in [3.05, 3.63) is 66.5 Å². The molecule has 2 fully saturated rings. The number of pyridine rings is 1. The van der Waals surface area contributed by atoms with Gasteiger partial charge in [-0.1, -0.05) is 24.3 Å². The summed E-state index contributed by atoms with van der Waals surface area (Å²) in [5.41, 5.74) is 3.30. The number of nitrogens with one attached hydrogen (secondary N) is 3. The van der Waals surface area contributed by atoms with Gasteiger partial charge in [0.2, 0.25) is 11.8 Å². The summed E-state index contributed by atoms with van der Waals surface area (Å²) in [5, 5.41) is 8.75. The van der Waals surface area contributed by atoms with Crippen molar-refractivity contribution >= 4 is 33.8 Å². The number of benzene rings is 2. The number of anilines is 2. The van der Waals surface area contributed by atoms with Crippen LogP contribution < -0.4 is 20.1 Å². The number of nitrogens with zero attached hydrogens (tertiary/aromatic N) is 3. The summed E-state index contributed by atoms with van der Waals surface area (Å²) in [4.78, 5) is 13.8. The SMILES string of the molecule is Cc1cc(N[S+]([O-])C2(C)CC2)c2ccccc2c1Oc1ncccc1-c1ccnc(N[C@H]2CCCNC2)n1. The Hall–Kier alpha value is -3.40. The van der Waals surface area contributed by atoms with E-state index in [0.29, 0.717) is 17.9 Å². The topological polar surface area (TPSA) is 107 Å². The molecule has 0 radical (unpaired) electrons. The normalized spacial score (nSPS) is 19.1. The third kappa shape index (κ3) is 5.14. The van der Waals surface area contributed by atoms with E-state index < -0.39 is 11.4 Å². The molecule has 8 nitrogen and oxygen atoms in total. The van der Waals surface area contributed by atoms with Crippen LogP contribution in [0.2, 0.25) is 0 Å². The average molecular weight is 529 g/mol. The molecule has 0 amide bonds. The van der Waals surface area contributed by atoms with E-state index in [9.17, 15) is 4.55 Å². The number of fused-ring (bicyclic) bond motifs is 1. The van der Waals surface area contributed by atoms with Crippen LogP contribution in [0.25, 0.3) is 22.0 Å². The summed E-state index contributed by atoms with van der Waals surface area (Å²) in [6.07, 6.45) is 7.66. The van der Waals surface area contributed by atoms with Crippen molar-refractivity contribution in [2.75, 3.05) is 23.1 Å². The van der Waals surface area contributed by atoms with Gasteiger partial charge in [-0.3, -0.25) is 0 Å². The molecule has 0 spiro atoms. The molecule has 4 aromatic rings. The zero-order valence-corrected chi connectivity index (χ0v) is 22.5. The van der Waals surface area contributed by atoms with Gasteiger partial charge >= 0.3 is 0 Å². The zero-order valence-electron chi connectivity index (χ0n) is 21.7. The molecule has 1 aliphatic heterocycles. The van der Waals surface area contributed by atoms with E-state index >= 15 is 0 Å². The molecule has 0 bridgehead atoms. The lowest BCUT2D eigenvalue weighted by molar-refractivity contribution is 0.466. The maximum Gasteiger partial charge on any atom is 0.228 e. The number of aromatic nitrogens is 3. The Bertz CT molecular complexity index is 1450. The lowest BCUT2D eigenvalue weighted by Gasteiger charge is -2.23. The number of aryl methyl sites for hydroxylation is 1. The van der Waals surface area contributed by atoms with Crippen molar-refractivity contribution in [1.29, 1.82) is 0 Å². The standard InChI is InChI=1S/C29H32N6O2S/c1-19-17-25(35-38(36)29(2)12-13-29)21-8-3-4-9-22(21)26(19)37-27-23(10-6-15-31-27)24-11-16-32-28(34-24)33-20-7-5-14-30-18-20/h3-4,6,8-11,15-17,20,30,35H,5,7,12-14,18H2,1-2H3,(H,32,33,34)/t20-,38?/m0/s1. The number of ether oxygens (including phenoxy) is 1. The summed E-state index contributed by atoms with van der Waals surface area (Å²) in [7, 11) is 0. The van der Waals surface area contributed by atoms with Gasteiger partial charge in [0, 0.05) is 48.6 Å². The van der Waals surface area contributed by atoms with Crippen molar-refractivity contribution in [1.82, 2.24) is 20.3 Å². The molecule has 1 saturated carbocycles. The lowest BCUT2D eigenvalue weighted by Crippen LogP contribution is -2.38. The van der Waals surface area contributed by atoms with Gasteiger partial charge in [0.15, 0.2) is 0 Å². The predicted molar refractivity (Wildman–Crippen MR) is 153 cm³/mol. The molecule has 2 atom stereocenters. The summed E-state index contributed by atoms with van der Waals surface area (Å²) in [5.74, 6) is 1.79. The Kier molecular flexibility index (Phi) is 6.82. The van der Waals surface area contributed by atoms with Crippen LogP contribution in [0.5, 0.6) is 11.6 Å². The Balaban J connectivity index is 1.32. The molecule has 196 valence electrons. The van der Waals surface area contributed by atoms with Crippen LogP contribution in [-0.4, -0.2) is 43.4 Å². The lowest BCUT2D eigenvalue weighted by atomic mass is 10.0. The summed E-state index contributed by atoms with van der Waals surface area (Å²) >= 11 is -1.15. The molecule has 2 aromatic carbocycles. The Labute approximate surface area is 226 Å². The molecule has 1 saturated heterocycles. The van der Waals surface area contributed by atoms with Crippen molar-refractivity contribution < 1.29 is 9.29 Å². The van der Waals surface area contributed by atoms with Gasteiger partial charge in [-0.2, -0.15) is 0 Å².